The second-order valence-electron chi connectivity index (χ2n) is 5.48. The topological polar surface area (TPSA) is 101 Å². The van der Waals surface area contributed by atoms with Gasteiger partial charge in [-0.15, -0.1) is 0 Å². The summed E-state index contributed by atoms with van der Waals surface area (Å²) in [6.45, 7) is 1.53. The average molecular weight is 361 g/mol. The van der Waals surface area contributed by atoms with Crippen LogP contribution in [-0.2, 0) is 0 Å². The molecule has 0 saturated heterocycles. The minimum absolute atomic E-state index is 0.0713. The number of anilines is 2. The molecule has 26 heavy (non-hydrogen) atoms. The Morgan fingerprint density at radius 1 is 1.23 bits per heavy atom. The van der Waals surface area contributed by atoms with Gasteiger partial charge in [-0.2, -0.15) is 28.1 Å². The van der Waals surface area contributed by atoms with Gasteiger partial charge in [-0.05, 0) is 25.1 Å². The van der Waals surface area contributed by atoms with Crippen molar-refractivity contribution in [1.82, 2.24) is 29.9 Å². The van der Waals surface area contributed by atoms with Gasteiger partial charge >= 0.3 is 12.1 Å². The summed E-state index contributed by atoms with van der Waals surface area (Å²) >= 11 is 0. The molecule has 0 amide bonds. The molecule has 0 aliphatic heterocycles. The molecule has 3 heterocycles. The van der Waals surface area contributed by atoms with Crippen LogP contribution in [-0.4, -0.2) is 42.0 Å². The van der Waals surface area contributed by atoms with E-state index in [4.69, 9.17) is 0 Å². The highest BCUT2D eigenvalue weighted by atomic mass is 19.4. The normalized spacial score (nSPS) is 12.0. The number of alkyl halides is 3. The van der Waals surface area contributed by atoms with Gasteiger partial charge < -0.3 is 5.32 Å². The molecule has 0 radical (unpaired) electrons. The molecule has 132 valence electrons. The van der Waals surface area contributed by atoms with E-state index in [0.717, 1.165) is 0 Å². The van der Waals surface area contributed by atoms with Crippen molar-refractivity contribution in [3.05, 3.63) is 36.3 Å². The van der Waals surface area contributed by atoms with Gasteiger partial charge in [-0.1, -0.05) is 0 Å². The fraction of sp³-hybridized carbons (Fsp3) is 0.133. The second-order valence-corrected chi connectivity index (χ2v) is 5.48. The summed E-state index contributed by atoms with van der Waals surface area (Å²) in [6, 6.07) is 4.51. The van der Waals surface area contributed by atoms with Gasteiger partial charge in [-0.25, -0.2) is 9.97 Å². The molecule has 0 spiro atoms. The van der Waals surface area contributed by atoms with Crippen LogP contribution in [0.5, 0.6) is 0 Å². The lowest BCUT2D eigenvalue weighted by atomic mass is 10.2. The van der Waals surface area contributed by atoms with E-state index in [-0.39, 0.29) is 5.52 Å². The number of aryl methyl sites for hydroxylation is 1. The number of hydrogen-bond acceptors (Lipinski definition) is 6. The van der Waals surface area contributed by atoms with Crippen molar-refractivity contribution >= 4 is 39.5 Å². The molecule has 0 saturated carbocycles. The summed E-state index contributed by atoms with van der Waals surface area (Å²) in [5.41, 5.74) is 1.94. The Hall–Kier alpha value is -3.50. The number of carbonyl (C=O) groups excluding carboxylic acids is 1. The first-order chi connectivity index (χ1) is 12.3. The zero-order chi connectivity index (χ0) is 18.5. The Bertz CT molecular complexity index is 1150. The molecule has 8 nitrogen and oxygen atoms in total. The third kappa shape index (κ3) is 2.53. The number of nitrogens with zero attached hydrogens (tertiary/aromatic N) is 5. The van der Waals surface area contributed by atoms with Gasteiger partial charge in [0.05, 0.1) is 11.2 Å². The number of carbonyl (C=O) groups is 1. The number of fused-ring (bicyclic) bond motifs is 2. The third-order valence-corrected chi connectivity index (χ3v) is 3.76. The van der Waals surface area contributed by atoms with Gasteiger partial charge in [-0.3, -0.25) is 9.89 Å². The predicted molar refractivity (Wildman–Crippen MR) is 86.1 cm³/mol. The van der Waals surface area contributed by atoms with Crippen LogP contribution in [0.3, 0.4) is 0 Å². The Morgan fingerprint density at radius 2 is 2.00 bits per heavy atom. The zero-order valence-electron chi connectivity index (χ0n) is 13.2. The van der Waals surface area contributed by atoms with Crippen molar-refractivity contribution in [3.63, 3.8) is 0 Å². The van der Waals surface area contributed by atoms with Crippen LogP contribution in [0.4, 0.5) is 24.7 Å². The van der Waals surface area contributed by atoms with E-state index in [2.05, 4.69) is 30.6 Å². The largest absolute Gasteiger partial charge is 0.473 e. The van der Waals surface area contributed by atoms with E-state index >= 15 is 0 Å². The van der Waals surface area contributed by atoms with Crippen molar-refractivity contribution in [2.75, 3.05) is 5.32 Å². The Labute approximate surface area is 143 Å². The first kappa shape index (κ1) is 16.0. The fourth-order valence-electron chi connectivity index (χ4n) is 2.60. The van der Waals surface area contributed by atoms with E-state index in [1.165, 1.54) is 31.5 Å². The van der Waals surface area contributed by atoms with Gasteiger partial charge in [0.2, 0.25) is 0 Å². The molecular formula is C15H10F3N7O. The lowest BCUT2D eigenvalue weighted by Crippen LogP contribution is -2.29. The van der Waals surface area contributed by atoms with Crippen LogP contribution in [0.15, 0.2) is 30.6 Å². The smallest absolute Gasteiger partial charge is 0.337 e. The Balaban J connectivity index is 1.75. The van der Waals surface area contributed by atoms with Crippen LogP contribution in [0.25, 0.3) is 22.1 Å². The standard InChI is InChI=1S/C15H10F3N7O/c1-7-9-6-8(21-13-11-12(22-23-13)20-5-4-19-11)2-3-10(9)25(24-7)14(26)15(16,17)18/h2-6H,1H3,(H2,20,21,22,23). The van der Waals surface area contributed by atoms with Crippen molar-refractivity contribution in [2.24, 2.45) is 0 Å². The van der Waals surface area contributed by atoms with E-state index < -0.39 is 12.1 Å². The van der Waals surface area contributed by atoms with E-state index in [1.54, 1.807) is 6.07 Å². The minimum atomic E-state index is -5.01. The number of nitrogens with one attached hydrogen (secondary N) is 2. The molecule has 11 heteroatoms. The Morgan fingerprint density at radius 3 is 2.77 bits per heavy atom. The summed E-state index contributed by atoms with van der Waals surface area (Å²) in [7, 11) is 0. The molecule has 0 atom stereocenters. The molecule has 0 unspecified atom stereocenters. The number of hydrogen-bond donors (Lipinski definition) is 2. The maximum absolute atomic E-state index is 12.7. The first-order valence-corrected chi connectivity index (χ1v) is 7.37. The van der Waals surface area contributed by atoms with Crippen molar-refractivity contribution < 1.29 is 18.0 Å². The van der Waals surface area contributed by atoms with E-state index in [0.29, 0.717) is 38.4 Å². The van der Waals surface area contributed by atoms with Crippen LogP contribution in [0, 0.1) is 6.92 Å². The quantitative estimate of drug-likeness (QED) is 0.569. The highest BCUT2D eigenvalue weighted by Gasteiger charge is 2.41. The van der Waals surface area contributed by atoms with Crippen molar-refractivity contribution in [1.29, 1.82) is 0 Å². The Kier molecular flexibility index (Phi) is 3.39. The molecule has 0 bridgehead atoms. The van der Waals surface area contributed by atoms with Crippen LogP contribution in [0.2, 0.25) is 0 Å². The van der Waals surface area contributed by atoms with E-state index in [1.807, 2.05) is 0 Å². The molecule has 0 aliphatic rings. The third-order valence-electron chi connectivity index (χ3n) is 3.76. The highest BCUT2D eigenvalue weighted by Crippen LogP contribution is 2.28. The minimum Gasteiger partial charge on any atom is -0.337 e. The van der Waals surface area contributed by atoms with Crippen LogP contribution < -0.4 is 5.32 Å². The van der Waals surface area contributed by atoms with Gasteiger partial charge in [0.15, 0.2) is 17.0 Å². The number of halogens is 3. The molecular weight excluding hydrogens is 351 g/mol. The fourth-order valence-corrected chi connectivity index (χ4v) is 2.60. The summed E-state index contributed by atoms with van der Waals surface area (Å²) in [6.07, 6.45) is -1.97. The first-order valence-electron chi connectivity index (χ1n) is 7.37. The average Bonchev–Trinajstić information content (AvgIpc) is 3.15. The van der Waals surface area contributed by atoms with Crippen LogP contribution >= 0.6 is 0 Å². The molecule has 3 aromatic heterocycles. The number of aromatic amines is 1. The van der Waals surface area contributed by atoms with E-state index in [9.17, 15) is 18.0 Å². The highest BCUT2D eigenvalue weighted by molar-refractivity contribution is 5.96. The SMILES string of the molecule is Cc1nn(C(=O)C(F)(F)F)c2ccc(Nc3n[nH]c4nccnc34)cc12. The van der Waals surface area contributed by atoms with Crippen molar-refractivity contribution in [3.8, 4) is 0 Å². The van der Waals surface area contributed by atoms with Crippen LogP contribution in [0.1, 0.15) is 10.5 Å². The van der Waals surface area contributed by atoms with Gasteiger partial charge in [0.25, 0.3) is 0 Å². The molecule has 1 aromatic carbocycles. The number of rotatable bonds is 2. The van der Waals surface area contributed by atoms with Gasteiger partial charge in [0, 0.05) is 23.5 Å². The predicted octanol–water partition coefficient (Wildman–Crippen LogP) is 2.96. The number of benzene rings is 1. The lowest BCUT2D eigenvalue weighted by molar-refractivity contribution is -0.0952. The second kappa shape index (κ2) is 5.51. The summed E-state index contributed by atoms with van der Waals surface area (Å²) in [4.78, 5) is 19.8. The maximum Gasteiger partial charge on any atom is 0.473 e. The summed E-state index contributed by atoms with van der Waals surface area (Å²) in [5.74, 6) is -1.62. The van der Waals surface area contributed by atoms with Gasteiger partial charge in [0.1, 0.15) is 0 Å². The van der Waals surface area contributed by atoms with Crippen molar-refractivity contribution in [2.45, 2.75) is 13.1 Å². The summed E-state index contributed by atoms with van der Waals surface area (Å²) < 4.78 is 38.5. The molecule has 2 N–H and O–H groups in total. The molecule has 4 rings (SSSR count). The summed E-state index contributed by atoms with van der Waals surface area (Å²) in [5, 5.41) is 14.0. The molecule has 0 fully saturated rings. The maximum atomic E-state index is 12.7. The lowest BCUT2D eigenvalue weighted by Gasteiger charge is -2.06. The monoisotopic (exact) mass is 361 g/mol. The zero-order valence-corrected chi connectivity index (χ0v) is 13.2. The molecule has 0 aliphatic carbocycles. The number of aromatic nitrogens is 6. The molecule has 4 aromatic rings. The number of H-pyrrole nitrogens is 1.